The van der Waals surface area contributed by atoms with E-state index in [1.807, 2.05) is 26.2 Å². The Labute approximate surface area is 179 Å². The van der Waals surface area contributed by atoms with Gasteiger partial charge in [-0.2, -0.15) is 5.26 Å². The normalized spacial score (nSPS) is 14.8. The highest BCUT2D eigenvalue weighted by Gasteiger charge is 2.27. The molecule has 0 unspecified atom stereocenters. The Hall–Kier alpha value is -2.92. The summed E-state index contributed by atoms with van der Waals surface area (Å²) in [6, 6.07) is 7.94. The maximum Gasteiger partial charge on any atom is 0.407 e. The summed E-state index contributed by atoms with van der Waals surface area (Å²) in [7, 11) is 0. The smallest absolute Gasteiger partial charge is 0.407 e. The first-order valence-electron chi connectivity index (χ1n) is 9.73. The molecule has 1 aromatic heterocycles. The summed E-state index contributed by atoms with van der Waals surface area (Å²) in [5.74, 6) is -0.648. The Balaban J connectivity index is 1.58. The molecule has 0 aliphatic carbocycles. The standard InChI is InChI=1S/C22H24FN3O3S/c1-22(2,3)29-21(28)25-17-6-8-26(9-7-17)20(27)19-11-16(13-30-19)14-4-5-15(12-24)18(23)10-14/h4-5,10-11,13,17H,6-9H2,1-3H3,(H,25,28). The molecule has 6 nitrogen and oxygen atoms in total. The highest BCUT2D eigenvalue weighted by Crippen LogP contribution is 2.28. The van der Waals surface area contributed by atoms with Crippen molar-refractivity contribution >= 4 is 23.3 Å². The summed E-state index contributed by atoms with van der Waals surface area (Å²) in [5, 5.41) is 13.5. The average molecular weight is 430 g/mol. The van der Waals surface area contributed by atoms with Crippen LogP contribution >= 0.6 is 11.3 Å². The predicted molar refractivity (Wildman–Crippen MR) is 113 cm³/mol. The van der Waals surface area contributed by atoms with Gasteiger partial charge in [0.1, 0.15) is 17.5 Å². The lowest BCUT2D eigenvalue weighted by atomic mass is 10.0. The van der Waals surface area contributed by atoms with Crippen molar-refractivity contribution < 1.29 is 18.7 Å². The molecule has 0 saturated carbocycles. The van der Waals surface area contributed by atoms with E-state index in [0.717, 1.165) is 5.56 Å². The maximum absolute atomic E-state index is 13.9. The third-order valence-electron chi connectivity index (χ3n) is 4.74. The second-order valence-corrected chi connectivity index (χ2v) is 9.13. The Kier molecular flexibility index (Phi) is 6.42. The second kappa shape index (κ2) is 8.84. The van der Waals surface area contributed by atoms with Gasteiger partial charge < -0.3 is 15.0 Å². The number of likely N-dealkylation sites (tertiary alicyclic amines) is 1. The van der Waals surface area contributed by atoms with Crippen molar-refractivity contribution in [2.75, 3.05) is 13.1 Å². The fraction of sp³-hybridized carbons (Fsp3) is 0.409. The van der Waals surface area contributed by atoms with Crippen LogP contribution in [0.1, 0.15) is 48.8 Å². The van der Waals surface area contributed by atoms with Gasteiger partial charge in [-0.3, -0.25) is 4.79 Å². The number of hydrogen-bond acceptors (Lipinski definition) is 5. The van der Waals surface area contributed by atoms with Gasteiger partial charge in [-0.05, 0) is 68.3 Å². The zero-order valence-electron chi connectivity index (χ0n) is 17.2. The van der Waals surface area contributed by atoms with E-state index in [9.17, 15) is 14.0 Å². The molecule has 3 rings (SSSR count). The molecule has 0 radical (unpaired) electrons. The van der Waals surface area contributed by atoms with E-state index < -0.39 is 17.5 Å². The van der Waals surface area contributed by atoms with Gasteiger partial charge in [0.15, 0.2) is 0 Å². The number of halogens is 1. The van der Waals surface area contributed by atoms with Gasteiger partial charge in [0.25, 0.3) is 5.91 Å². The first kappa shape index (κ1) is 21.8. The number of thiophene rings is 1. The van der Waals surface area contributed by atoms with Gasteiger partial charge in [-0.25, -0.2) is 9.18 Å². The van der Waals surface area contributed by atoms with Gasteiger partial charge in [-0.15, -0.1) is 11.3 Å². The summed E-state index contributed by atoms with van der Waals surface area (Å²) >= 11 is 1.31. The molecule has 1 fully saturated rings. The molecule has 2 heterocycles. The van der Waals surface area contributed by atoms with Crippen LogP contribution in [-0.2, 0) is 4.74 Å². The molecular weight excluding hydrogens is 405 g/mol. The van der Waals surface area contributed by atoms with Crippen LogP contribution in [0.2, 0.25) is 0 Å². The lowest BCUT2D eigenvalue weighted by molar-refractivity contribution is 0.0474. The number of nitriles is 1. The summed E-state index contributed by atoms with van der Waals surface area (Å²) in [6.45, 7) is 6.52. The van der Waals surface area contributed by atoms with Crippen LogP contribution < -0.4 is 5.32 Å². The zero-order chi connectivity index (χ0) is 21.9. The third kappa shape index (κ3) is 5.36. The van der Waals surface area contributed by atoms with Crippen LogP contribution in [0.15, 0.2) is 29.6 Å². The van der Waals surface area contributed by atoms with E-state index in [1.165, 1.54) is 23.5 Å². The molecule has 1 N–H and O–H groups in total. The molecule has 0 spiro atoms. The van der Waals surface area contributed by atoms with E-state index in [2.05, 4.69) is 5.32 Å². The van der Waals surface area contributed by atoms with Crippen LogP contribution in [0.3, 0.4) is 0 Å². The number of alkyl carbamates (subject to hydrolysis) is 1. The highest BCUT2D eigenvalue weighted by molar-refractivity contribution is 7.12. The maximum atomic E-state index is 13.9. The lowest BCUT2D eigenvalue weighted by Gasteiger charge is -2.32. The number of nitrogens with zero attached hydrogens (tertiary/aromatic N) is 2. The van der Waals surface area contributed by atoms with E-state index in [1.54, 1.807) is 23.1 Å². The molecule has 2 aromatic rings. The number of hydrogen-bond donors (Lipinski definition) is 1. The predicted octanol–water partition coefficient (Wildman–Crippen LogP) is 4.56. The molecule has 1 aliphatic heterocycles. The molecule has 1 saturated heterocycles. The SMILES string of the molecule is CC(C)(C)OC(=O)NC1CCN(C(=O)c2cc(-c3ccc(C#N)c(F)c3)cs2)CC1. The van der Waals surface area contributed by atoms with Crippen LogP contribution in [0.5, 0.6) is 0 Å². The molecule has 30 heavy (non-hydrogen) atoms. The van der Waals surface area contributed by atoms with Crippen molar-refractivity contribution in [3.63, 3.8) is 0 Å². The van der Waals surface area contributed by atoms with Crippen molar-refractivity contribution in [1.82, 2.24) is 10.2 Å². The topological polar surface area (TPSA) is 82.4 Å². The number of rotatable bonds is 3. The largest absolute Gasteiger partial charge is 0.444 e. The average Bonchev–Trinajstić information content (AvgIpc) is 3.16. The van der Waals surface area contributed by atoms with E-state index in [4.69, 9.17) is 10.00 Å². The van der Waals surface area contributed by atoms with Gasteiger partial charge in [0.05, 0.1) is 10.4 Å². The Bertz CT molecular complexity index is 982. The minimum absolute atomic E-state index is 0.00635. The number of ether oxygens (including phenoxy) is 1. The van der Waals surface area contributed by atoms with E-state index in [-0.39, 0.29) is 17.5 Å². The van der Waals surface area contributed by atoms with Gasteiger partial charge >= 0.3 is 6.09 Å². The fourth-order valence-electron chi connectivity index (χ4n) is 3.24. The minimum Gasteiger partial charge on any atom is -0.444 e. The molecule has 2 amide bonds. The van der Waals surface area contributed by atoms with Crippen molar-refractivity contribution in [2.45, 2.75) is 45.3 Å². The van der Waals surface area contributed by atoms with E-state index >= 15 is 0 Å². The number of carbonyl (C=O) groups is 2. The Morgan fingerprint density at radius 1 is 1.23 bits per heavy atom. The molecule has 0 atom stereocenters. The Morgan fingerprint density at radius 2 is 1.93 bits per heavy atom. The second-order valence-electron chi connectivity index (χ2n) is 8.22. The fourth-order valence-corrected chi connectivity index (χ4v) is 4.13. The summed E-state index contributed by atoms with van der Waals surface area (Å²) in [6.07, 6.45) is 0.874. The number of carbonyl (C=O) groups excluding carboxylic acids is 2. The van der Waals surface area contributed by atoms with Gasteiger partial charge in [0.2, 0.25) is 0 Å². The van der Waals surface area contributed by atoms with Crippen LogP contribution in [0, 0.1) is 17.1 Å². The zero-order valence-corrected chi connectivity index (χ0v) is 18.0. The molecular formula is C22H24FN3O3S. The molecule has 1 aliphatic rings. The summed E-state index contributed by atoms with van der Waals surface area (Å²) < 4.78 is 19.2. The first-order chi connectivity index (χ1) is 14.2. The lowest BCUT2D eigenvalue weighted by Crippen LogP contribution is -2.47. The Morgan fingerprint density at radius 3 is 2.53 bits per heavy atom. The first-order valence-corrected chi connectivity index (χ1v) is 10.6. The van der Waals surface area contributed by atoms with Crippen molar-refractivity contribution in [3.05, 3.63) is 45.9 Å². The quantitative estimate of drug-likeness (QED) is 0.776. The number of nitrogens with one attached hydrogen (secondary N) is 1. The van der Waals surface area contributed by atoms with Gasteiger partial charge in [0, 0.05) is 19.1 Å². The van der Waals surface area contributed by atoms with Crippen LogP contribution in [-0.4, -0.2) is 41.6 Å². The molecule has 158 valence electrons. The van der Waals surface area contributed by atoms with Crippen molar-refractivity contribution in [3.8, 4) is 17.2 Å². The number of piperidine rings is 1. The summed E-state index contributed by atoms with van der Waals surface area (Å²) in [4.78, 5) is 27.1. The molecule has 0 bridgehead atoms. The van der Waals surface area contributed by atoms with Crippen LogP contribution in [0.25, 0.3) is 11.1 Å². The van der Waals surface area contributed by atoms with Crippen molar-refractivity contribution in [1.29, 1.82) is 5.26 Å². The highest BCUT2D eigenvalue weighted by atomic mass is 32.1. The third-order valence-corrected chi connectivity index (χ3v) is 5.65. The van der Waals surface area contributed by atoms with E-state index in [0.29, 0.717) is 36.4 Å². The molecule has 1 aromatic carbocycles. The van der Waals surface area contributed by atoms with Crippen LogP contribution in [0.4, 0.5) is 9.18 Å². The number of benzene rings is 1. The minimum atomic E-state index is -0.575. The number of amides is 2. The summed E-state index contributed by atoms with van der Waals surface area (Å²) in [5.41, 5.74) is 0.818. The monoisotopic (exact) mass is 429 g/mol. The van der Waals surface area contributed by atoms with Gasteiger partial charge in [-0.1, -0.05) is 6.07 Å². The molecule has 8 heteroatoms. The van der Waals surface area contributed by atoms with Crippen molar-refractivity contribution in [2.24, 2.45) is 0 Å².